The summed E-state index contributed by atoms with van der Waals surface area (Å²) in [5.41, 5.74) is 2.36. The van der Waals surface area contributed by atoms with Crippen molar-refractivity contribution >= 4 is 20.9 Å². The number of thiophene rings is 1. The third-order valence-corrected chi connectivity index (χ3v) is 6.23. The van der Waals surface area contributed by atoms with Gasteiger partial charge in [-0.15, -0.1) is 5.14 Å². The van der Waals surface area contributed by atoms with Gasteiger partial charge in [0.15, 0.2) is 17.6 Å². The van der Waals surface area contributed by atoms with E-state index in [1.807, 2.05) is 19.1 Å². The molecular weight excluding hydrogens is 392 g/mol. The predicted octanol–water partition coefficient (Wildman–Crippen LogP) is 2.42. The van der Waals surface area contributed by atoms with Gasteiger partial charge in [-0.2, -0.15) is 10.2 Å². The van der Waals surface area contributed by atoms with Crippen LogP contribution in [-0.4, -0.2) is 43.0 Å². The number of rotatable bonds is 7. The quantitative estimate of drug-likeness (QED) is 0.564. The third-order valence-electron chi connectivity index (χ3n) is 4.68. The van der Waals surface area contributed by atoms with Gasteiger partial charge in [-0.25, -0.2) is 4.98 Å². The highest BCUT2D eigenvalue weighted by atomic mass is 32.2. The summed E-state index contributed by atoms with van der Waals surface area (Å²) in [5, 5.41) is 26.0. The number of hydrogen-bond acceptors (Lipinski definition) is 8. The highest BCUT2D eigenvalue weighted by Gasteiger charge is 2.28. The molecule has 0 aliphatic carbocycles. The van der Waals surface area contributed by atoms with E-state index in [0.717, 1.165) is 16.5 Å². The Morgan fingerprint density at radius 1 is 1.14 bits per heavy atom. The lowest BCUT2D eigenvalue weighted by Crippen LogP contribution is -2.05. The zero-order valence-corrected chi connectivity index (χ0v) is 17.6. The first-order valence-corrected chi connectivity index (χ1v) is 10.2. The van der Waals surface area contributed by atoms with Gasteiger partial charge in [-0.3, -0.25) is 0 Å². The Hall–Kier alpha value is -2.93. The summed E-state index contributed by atoms with van der Waals surface area (Å²) in [4.78, 5) is 10.5. The average Bonchev–Trinajstić information content (AvgIpc) is 2.97. The lowest BCUT2D eigenvalue weighted by molar-refractivity contribution is 0.298. The van der Waals surface area contributed by atoms with Gasteiger partial charge < -0.3 is 19.3 Å². The zero-order valence-electron chi connectivity index (χ0n) is 16.8. The number of fused-ring (bicyclic) bond motifs is 1. The SMILES string of the molecule is COc1cc(Cc2nc(CCO)c3c(C)c(C#N)[s+](N)c3n2)cc(OC)c1OC. The van der Waals surface area contributed by atoms with Gasteiger partial charge >= 0.3 is 0 Å². The Morgan fingerprint density at radius 2 is 1.79 bits per heavy atom. The number of nitrogen functional groups attached to an aromatic ring is 1. The molecule has 1 aromatic carbocycles. The number of nitriles is 1. The fourth-order valence-corrected chi connectivity index (χ4v) is 4.78. The highest BCUT2D eigenvalue weighted by molar-refractivity contribution is 7.37. The largest absolute Gasteiger partial charge is 0.493 e. The highest BCUT2D eigenvalue weighted by Crippen LogP contribution is 2.39. The second-order valence-electron chi connectivity index (χ2n) is 6.35. The lowest BCUT2D eigenvalue weighted by Gasteiger charge is -2.14. The van der Waals surface area contributed by atoms with Crippen LogP contribution in [0.1, 0.15) is 27.5 Å². The molecule has 3 rings (SSSR count). The smallest absolute Gasteiger partial charge is 0.299 e. The number of aliphatic hydroxyl groups excluding tert-OH is 1. The molecule has 0 bridgehead atoms. The van der Waals surface area contributed by atoms with E-state index >= 15 is 0 Å². The van der Waals surface area contributed by atoms with E-state index in [2.05, 4.69) is 16.0 Å². The number of hydrogen-bond donors (Lipinski definition) is 2. The molecule has 0 amide bonds. The molecule has 152 valence electrons. The van der Waals surface area contributed by atoms with Gasteiger partial charge in [-0.1, -0.05) is 0 Å². The fourth-order valence-electron chi connectivity index (χ4n) is 3.36. The monoisotopic (exact) mass is 415 g/mol. The maximum atomic E-state index is 9.48. The van der Waals surface area contributed by atoms with E-state index in [1.54, 1.807) is 21.3 Å². The summed E-state index contributed by atoms with van der Waals surface area (Å²) in [6, 6.07) is 5.87. The van der Waals surface area contributed by atoms with Crippen molar-refractivity contribution in [3.05, 3.63) is 39.7 Å². The van der Waals surface area contributed by atoms with Gasteiger partial charge in [0, 0.05) is 25.0 Å². The average molecular weight is 415 g/mol. The molecule has 0 aliphatic rings. The molecule has 2 heterocycles. The molecule has 8 nitrogen and oxygen atoms in total. The van der Waals surface area contributed by atoms with Gasteiger partial charge in [-0.05, 0) is 24.6 Å². The summed E-state index contributed by atoms with van der Waals surface area (Å²) < 4.78 is 16.2. The van der Waals surface area contributed by atoms with Crippen LogP contribution >= 0.6 is 10.7 Å². The number of ether oxygens (including phenoxy) is 3. The van der Waals surface area contributed by atoms with Crippen molar-refractivity contribution in [1.82, 2.24) is 9.97 Å². The van der Waals surface area contributed by atoms with Crippen molar-refractivity contribution in [3.63, 3.8) is 0 Å². The van der Waals surface area contributed by atoms with Crippen molar-refractivity contribution in [3.8, 4) is 23.3 Å². The summed E-state index contributed by atoms with van der Waals surface area (Å²) in [6.07, 6.45) is 0.765. The molecule has 0 fully saturated rings. The van der Waals surface area contributed by atoms with Crippen LogP contribution < -0.4 is 19.3 Å². The molecule has 1 unspecified atom stereocenters. The van der Waals surface area contributed by atoms with Crippen LogP contribution in [-0.2, 0) is 12.8 Å². The van der Waals surface area contributed by atoms with Gasteiger partial charge in [0.25, 0.3) is 9.71 Å². The maximum absolute atomic E-state index is 9.48. The van der Waals surface area contributed by atoms with E-state index in [4.69, 9.17) is 19.3 Å². The second-order valence-corrected chi connectivity index (χ2v) is 7.82. The molecule has 1 atom stereocenters. The van der Waals surface area contributed by atoms with Gasteiger partial charge in [0.05, 0.1) is 32.4 Å². The van der Waals surface area contributed by atoms with E-state index in [0.29, 0.717) is 51.3 Å². The van der Waals surface area contributed by atoms with Crippen molar-refractivity contribution in [1.29, 1.82) is 5.26 Å². The number of benzene rings is 1. The molecule has 0 spiro atoms. The maximum Gasteiger partial charge on any atom is 0.299 e. The van der Waals surface area contributed by atoms with Crippen LogP contribution in [0.2, 0.25) is 0 Å². The lowest BCUT2D eigenvalue weighted by atomic mass is 10.1. The van der Waals surface area contributed by atoms with Crippen LogP contribution in [0.5, 0.6) is 17.2 Å². The van der Waals surface area contributed by atoms with Crippen molar-refractivity contribution in [2.45, 2.75) is 19.8 Å². The Kier molecular flexibility index (Phi) is 6.17. The Balaban J connectivity index is 2.14. The molecule has 29 heavy (non-hydrogen) atoms. The first-order chi connectivity index (χ1) is 14.0. The van der Waals surface area contributed by atoms with Crippen molar-refractivity contribution < 1.29 is 19.3 Å². The normalized spacial score (nSPS) is 11.4. The summed E-state index contributed by atoms with van der Waals surface area (Å²) in [6.45, 7) is 1.79. The van der Waals surface area contributed by atoms with Crippen LogP contribution in [0.4, 0.5) is 0 Å². The fraction of sp³-hybridized carbons (Fsp3) is 0.350. The Morgan fingerprint density at radius 3 is 2.31 bits per heavy atom. The van der Waals surface area contributed by atoms with E-state index in [9.17, 15) is 10.4 Å². The van der Waals surface area contributed by atoms with E-state index < -0.39 is 10.7 Å². The molecule has 0 saturated carbocycles. The minimum Gasteiger partial charge on any atom is -0.493 e. The summed E-state index contributed by atoms with van der Waals surface area (Å²) in [7, 11) is 3.77. The number of methoxy groups -OCH3 is 3. The third kappa shape index (κ3) is 3.70. The standard InChI is InChI=1S/C20H23N4O4S/c1-11-16(10-21)29(22)20-18(11)13(5-6-25)23-17(24-20)9-12-7-14(26-2)19(28-4)15(8-12)27-3/h7-8,25H,5-6,9,22H2,1-4H3/q+1. The molecule has 0 radical (unpaired) electrons. The number of nitrogens with zero attached hydrogens (tertiary/aromatic N) is 3. The topological polar surface area (TPSA) is 124 Å². The number of aromatic nitrogens is 2. The summed E-state index contributed by atoms with van der Waals surface area (Å²) in [5.74, 6) is 2.15. The number of nitrogens with two attached hydrogens (primary N) is 1. The number of aliphatic hydroxyl groups is 1. The minimum absolute atomic E-state index is 0.0550. The molecule has 0 saturated heterocycles. The molecular formula is C20H23N4O4S+. The molecule has 0 aliphatic heterocycles. The van der Waals surface area contributed by atoms with Crippen LogP contribution in [0.15, 0.2) is 12.1 Å². The van der Waals surface area contributed by atoms with E-state index in [-0.39, 0.29) is 6.61 Å². The Labute approximate surface area is 171 Å². The molecule has 3 N–H and O–H groups in total. The predicted molar refractivity (Wildman–Crippen MR) is 111 cm³/mol. The summed E-state index contributed by atoms with van der Waals surface area (Å²) >= 11 is 0. The molecule has 2 aromatic heterocycles. The van der Waals surface area contributed by atoms with Crippen molar-refractivity contribution in [2.24, 2.45) is 0 Å². The molecule has 9 heteroatoms. The van der Waals surface area contributed by atoms with E-state index in [1.165, 1.54) is 0 Å². The minimum atomic E-state index is -0.899. The van der Waals surface area contributed by atoms with Gasteiger partial charge in [0.2, 0.25) is 5.75 Å². The van der Waals surface area contributed by atoms with Gasteiger partial charge in [0.1, 0.15) is 16.5 Å². The second kappa shape index (κ2) is 8.61. The zero-order chi connectivity index (χ0) is 21.1. The molecule has 3 aromatic rings. The van der Waals surface area contributed by atoms with Crippen molar-refractivity contribution in [2.75, 3.05) is 33.1 Å². The van der Waals surface area contributed by atoms with Crippen LogP contribution in [0.25, 0.3) is 10.2 Å². The first-order valence-electron chi connectivity index (χ1n) is 8.88. The first kappa shape index (κ1) is 20.8. The Bertz CT molecular complexity index is 1080. The van der Waals surface area contributed by atoms with Crippen LogP contribution in [0, 0.1) is 18.3 Å². The number of aryl methyl sites for hydroxylation is 1. The van der Waals surface area contributed by atoms with Crippen LogP contribution in [0.3, 0.4) is 0 Å².